The van der Waals surface area contributed by atoms with Crippen LogP contribution in [0.1, 0.15) is 26.7 Å². The Balaban J connectivity index is 2.67. The van der Waals surface area contributed by atoms with Gasteiger partial charge in [-0.15, -0.1) is 0 Å². The molecule has 0 bridgehead atoms. The van der Waals surface area contributed by atoms with Crippen LogP contribution in [0.15, 0.2) is 18.2 Å². The molecule has 0 aliphatic rings. The van der Waals surface area contributed by atoms with Gasteiger partial charge in [0.1, 0.15) is 11.6 Å². The number of aliphatic carboxylic acids is 1. The Kier molecular flexibility index (Phi) is 5.42. The number of hydrogen-bond donors (Lipinski definition) is 2. The van der Waals surface area contributed by atoms with Crippen LogP contribution in [0.3, 0.4) is 0 Å². The lowest BCUT2D eigenvalue weighted by molar-refractivity contribution is -0.137. The Hall–Kier alpha value is -1.78. The van der Waals surface area contributed by atoms with Crippen molar-refractivity contribution in [3.63, 3.8) is 0 Å². The van der Waals surface area contributed by atoms with Gasteiger partial charge in [-0.05, 0) is 32.4 Å². The first-order chi connectivity index (χ1) is 8.52. The van der Waals surface area contributed by atoms with Crippen molar-refractivity contribution in [1.29, 1.82) is 0 Å². The Morgan fingerprint density at radius 2 is 2.28 bits per heavy atom. The summed E-state index contributed by atoms with van der Waals surface area (Å²) in [5.41, 5.74) is 0.677. The maximum atomic E-state index is 13.1. The van der Waals surface area contributed by atoms with E-state index >= 15 is 0 Å². The minimum atomic E-state index is -0.826. The van der Waals surface area contributed by atoms with Crippen molar-refractivity contribution >= 4 is 11.7 Å². The normalized spacial score (nSPS) is 11.9. The Labute approximate surface area is 106 Å². The number of carbonyl (C=O) groups is 1. The van der Waals surface area contributed by atoms with Crippen LogP contribution in [0.5, 0.6) is 5.75 Å². The number of carboxylic acids is 1. The summed E-state index contributed by atoms with van der Waals surface area (Å²) in [5, 5.41) is 11.7. The number of hydrogen-bond acceptors (Lipinski definition) is 3. The molecule has 0 saturated carbocycles. The molecule has 0 aliphatic carbocycles. The van der Waals surface area contributed by atoms with Crippen LogP contribution in [0, 0.1) is 5.82 Å². The zero-order valence-corrected chi connectivity index (χ0v) is 10.6. The third-order valence-corrected chi connectivity index (χ3v) is 2.44. The van der Waals surface area contributed by atoms with Gasteiger partial charge < -0.3 is 15.2 Å². The first kappa shape index (κ1) is 14.3. The summed E-state index contributed by atoms with van der Waals surface area (Å²) >= 11 is 0. The van der Waals surface area contributed by atoms with Crippen molar-refractivity contribution in [2.24, 2.45) is 0 Å². The minimum absolute atomic E-state index is 0.0224. The Bertz CT molecular complexity index is 409. The predicted octanol–water partition coefficient (Wildman–Crippen LogP) is 2.89. The molecular formula is C13H18FNO3. The molecule has 2 N–H and O–H groups in total. The first-order valence-corrected chi connectivity index (χ1v) is 5.93. The van der Waals surface area contributed by atoms with Crippen LogP contribution < -0.4 is 10.1 Å². The lowest BCUT2D eigenvalue weighted by atomic mass is 10.1. The fourth-order valence-electron chi connectivity index (χ4n) is 1.57. The molecule has 1 atom stereocenters. The summed E-state index contributed by atoms with van der Waals surface area (Å²) in [6.45, 7) is 4.15. The van der Waals surface area contributed by atoms with E-state index in [9.17, 15) is 9.18 Å². The largest absolute Gasteiger partial charge is 0.492 e. The number of carboxylic acid groups (broad SMARTS) is 1. The standard InChI is InChI=1S/C13H18FNO3/c1-3-18-12-8-10(14)5-6-11(12)15-9(2)4-7-13(16)17/h5-6,8-9,15H,3-4,7H2,1-2H3,(H,16,17). The summed E-state index contributed by atoms with van der Waals surface area (Å²) in [6.07, 6.45) is 0.595. The Morgan fingerprint density at radius 3 is 2.89 bits per heavy atom. The monoisotopic (exact) mass is 255 g/mol. The van der Waals surface area contributed by atoms with Crippen LogP contribution in [0.2, 0.25) is 0 Å². The maximum absolute atomic E-state index is 13.1. The third kappa shape index (κ3) is 4.61. The molecule has 1 rings (SSSR count). The minimum Gasteiger partial charge on any atom is -0.492 e. The molecule has 5 heteroatoms. The van der Waals surface area contributed by atoms with Crippen LogP contribution >= 0.6 is 0 Å². The zero-order valence-electron chi connectivity index (χ0n) is 10.6. The number of ether oxygens (including phenoxy) is 1. The number of rotatable bonds is 7. The van der Waals surface area contributed by atoms with E-state index in [1.807, 2.05) is 13.8 Å². The van der Waals surface area contributed by atoms with Gasteiger partial charge in [0.25, 0.3) is 0 Å². The predicted molar refractivity (Wildman–Crippen MR) is 67.5 cm³/mol. The van der Waals surface area contributed by atoms with Gasteiger partial charge in [-0.3, -0.25) is 4.79 Å². The molecule has 0 saturated heterocycles. The van der Waals surface area contributed by atoms with E-state index in [1.165, 1.54) is 12.1 Å². The molecule has 1 aromatic rings. The number of halogens is 1. The van der Waals surface area contributed by atoms with E-state index in [2.05, 4.69) is 5.32 Å². The summed E-state index contributed by atoms with van der Waals surface area (Å²) in [5.74, 6) is -0.741. The van der Waals surface area contributed by atoms with Gasteiger partial charge in [0.15, 0.2) is 0 Å². The number of nitrogens with one attached hydrogen (secondary N) is 1. The quantitative estimate of drug-likeness (QED) is 0.786. The topological polar surface area (TPSA) is 58.6 Å². The molecular weight excluding hydrogens is 237 g/mol. The van der Waals surface area contributed by atoms with Crippen molar-refractivity contribution in [2.75, 3.05) is 11.9 Å². The van der Waals surface area contributed by atoms with Crippen LogP contribution in [-0.2, 0) is 4.79 Å². The highest BCUT2D eigenvalue weighted by atomic mass is 19.1. The van der Waals surface area contributed by atoms with E-state index in [0.29, 0.717) is 24.5 Å². The van der Waals surface area contributed by atoms with Gasteiger partial charge in [0.05, 0.1) is 12.3 Å². The fraction of sp³-hybridized carbons (Fsp3) is 0.462. The molecule has 0 aliphatic heterocycles. The highest BCUT2D eigenvalue weighted by Crippen LogP contribution is 2.26. The van der Waals surface area contributed by atoms with Crippen molar-refractivity contribution in [3.8, 4) is 5.75 Å². The molecule has 1 unspecified atom stereocenters. The molecule has 4 nitrogen and oxygen atoms in total. The van der Waals surface area contributed by atoms with Crippen molar-refractivity contribution < 1.29 is 19.0 Å². The van der Waals surface area contributed by atoms with E-state index < -0.39 is 5.97 Å². The molecule has 0 amide bonds. The second-order valence-corrected chi connectivity index (χ2v) is 4.05. The van der Waals surface area contributed by atoms with E-state index in [1.54, 1.807) is 6.07 Å². The average Bonchev–Trinajstić information content (AvgIpc) is 2.30. The molecule has 0 radical (unpaired) electrons. The van der Waals surface area contributed by atoms with Crippen LogP contribution in [-0.4, -0.2) is 23.7 Å². The van der Waals surface area contributed by atoms with Gasteiger partial charge in [0, 0.05) is 18.5 Å². The maximum Gasteiger partial charge on any atom is 0.303 e. The smallest absolute Gasteiger partial charge is 0.303 e. The number of benzene rings is 1. The van der Waals surface area contributed by atoms with Gasteiger partial charge >= 0.3 is 5.97 Å². The zero-order chi connectivity index (χ0) is 13.5. The van der Waals surface area contributed by atoms with Gasteiger partial charge in [-0.2, -0.15) is 0 Å². The Morgan fingerprint density at radius 1 is 1.56 bits per heavy atom. The van der Waals surface area contributed by atoms with Gasteiger partial charge in [-0.25, -0.2) is 4.39 Å². The average molecular weight is 255 g/mol. The third-order valence-electron chi connectivity index (χ3n) is 2.44. The summed E-state index contributed by atoms with van der Waals surface area (Å²) < 4.78 is 18.4. The SMILES string of the molecule is CCOc1cc(F)ccc1NC(C)CCC(=O)O. The lowest BCUT2D eigenvalue weighted by Crippen LogP contribution is -2.17. The van der Waals surface area contributed by atoms with Crippen molar-refractivity contribution in [3.05, 3.63) is 24.0 Å². The molecule has 0 fully saturated rings. The van der Waals surface area contributed by atoms with Crippen molar-refractivity contribution in [2.45, 2.75) is 32.7 Å². The summed E-state index contributed by atoms with van der Waals surface area (Å²) in [7, 11) is 0. The summed E-state index contributed by atoms with van der Waals surface area (Å²) in [4.78, 5) is 10.5. The second kappa shape index (κ2) is 6.83. The van der Waals surface area contributed by atoms with E-state index in [4.69, 9.17) is 9.84 Å². The first-order valence-electron chi connectivity index (χ1n) is 5.93. The van der Waals surface area contributed by atoms with Gasteiger partial charge in [-0.1, -0.05) is 0 Å². The molecule has 0 heterocycles. The highest BCUT2D eigenvalue weighted by molar-refractivity contribution is 5.66. The van der Waals surface area contributed by atoms with Gasteiger partial charge in [0.2, 0.25) is 0 Å². The second-order valence-electron chi connectivity index (χ2n) is 4.05. The fourth-order valence-corrected chi connectivity index (χ4v) is 1.57. The molecule has 100 valence electrons. The molecule has 0 spiro atoms. The summed E-state index contributed by atoms with van der Waals surface area (Å²) in [6, 6.07) is 4.23. The van der Waals surface area contributed by atoms with E-state index in [-0.39, 0.29) is 18.3 Å². The van der Waals surface area contributed by atoms with Crippen LogP contribution in [0.25, 0.3) is 0 Å². The lowest BCUT2D eigenvalue weighted by Gasteiger charge is -2.17. The molecule has 18 heavy (non-hydrogen) atoms. The number of anilines is 1. The van der Waals surface area contributed by atoms with E-state index in [0.717, 1.165) is 0 Å². The van der Waals surface area contributed by atoms with Crippen LogP contribution in [0.4, 0.5) is 10.1 Å². The van der Waals surface area contributed by atoms with Crippen molar-refractivity contribution in [1.82, 2.24) is 0 Å². The highest BCUT2D eigenvalue weighted by Gasteiger charge is 2.10. The molecule has 0 aromatic heterocycles. The molecule has 1 aromatic carbocycles.